The molecule has 228 valence electrons. The van der Waals surface area contributed by atoms with Gasteiger partial charge in [-0.05, 0) is 74.1 Å². The maximum absolute atomic E-state index is 13.4. The van der Waals surface area contributed by atoms with Gasteiger partial charge in [0.25, 0.3) is 0 Å². The number of alkyl halides is 1. The van der Waals surface area contributed by atoms with E-state index in [1.54, 1.807) is 0 Å². The van der Waals surface area contributed by atoms with E-state index in [4.69, 9.17) is 16.3 Å². The second-order valence-electron chi connectivity index (χ2n) is 10.6. The molecule has 1 aliphatic heterocycles. The first-order valence-electron chi connectivity index (χ1n) is 14.8. The Labute approximate surface area is 266 Å². The monoisotopic (exact) mass is 629 g/mol. The summed E-state index contributed by atoms with van der Waals surface area (Å²) in [6.07, 6.45) is 16.1. The lowest BCUT2D eigenvalue weighted by Gasteiger charge is -2.23. The quantitative estimate of drug-likeness (QED) is 0.132. The van der Waals surface area contributed by atoms with Crippen LogP contribution in [0.4, 0.5) is 0 Å². The van der Waals surface area contributed by atoms with Crippen molar-refractivity contribution >= 4 is 41.1 Å². The number of carbonyl (C=O) groups is 1. The van der Waals surface area contributed by atoms with Crippen LogP contribution < -0.4 is 14.8 Å². The van der Waals surface area contributed by atoms with Crippen LogP contribution >= 0.6 is 35.1 Å². The van der Waals surface area contributed by atoms with E-state index in [-0.39, 0.29) is 18.0 Å². The molecule has 2 aliphatic rings. The molecule has 0 bridgehead atoms. The van der Waals surface area contributed by atoms with E-state index >= 15 is 0 Å². The highest BCUT2D eigenvalue weighted by Crippen LogP contribution is 2.33. The third-order valence-corrected chi connectivity index (χ3v) is 8.40. The number of carbonyl (C=O) groups excluding carboxylic acids is 1. The number of hydrogen-bond donors (Lipinski definition) is 2. The maximum Gasteiger partial charge on any atom is 0.222 e. The Hall–Kier alpha value is -2.22. The molecule has 2 atom stereocenters. The lowest BCUT2D eigenvalue weighted by Crippen LogP contribution is -2.31. The third-order valence-electron chi connectivity index (χ3n) is 7.21. The number of halogens is 2. The molecule has 1 aliphatic carbocycles. The Morgan fingerprint density at radius 2 is 1.95 bits per heavy atom. The van der Waals surface area contributed by atoms with E-state index in [9.17, 15) is 4.79 Å². The number of unbranched alkanes of at least 4 members (excludes halogenated alkanes) is 2. The number of allylic oxidation sites excluding steroid dienone is 5. The zero-order valence-electron chi connectivity index (χ0n) is 25.1. The van der Waals surface area contributed by atoms with Gasteiger partial charge in [0.1, 0.15) is 5.75 Å². The van der Waals surface area contributed by atoms with Crippen molar-refractivity contribution in [3.05, 3.63) is 99.5 Å². The highest BCUT2D eigenvalue weighted by molar-refractivity contribution is 8.01. The highest BCUT2D eigenvalue weighted by Gasteiger charge is 2.24. The van der Waals surface area contributed by atoms with E-state index in [1.165, 1.54) is 43.2 Å². The maximum atomic E-state index is 13.4. The molecule has 1 heterocycles. The number of nitrogens with one attached hydrogen (secondary N) is 2. The van der Waals surface area contributed by atoms with Crippen LogP contribution in [0, 0.1) is 0 Å². The topological polar surface area (TPSA) is 53.6 Å². The van der Waals surface area contributed by atoms with Crippen molar-refractivity contribution < 1.29 is 9.53 Å². The highest BCUT2D eigenvalue weighted by atomic mass is 35.5. The molecule has 42 heavy (non-hydrogen) atoms. The number of nitrogens with zero attached hydrogens (tertiary/aromatic N) is 1. The van der Waals surface area contributed by atoms with Gasteiger partial charge in [0.15, 0.2) is 0 Å². The minimum atomic E-state index is -0.143. The molecule has 0 spiro atoms. The Kier molecular flexibility index (Phi) is 15.6. The molecule has 2 N–H and O–H groups in total. The van der Waals surface area contributed by atoms with Crippen LogP contribution in [0.15, 0.2) is 82.8 Å². The number of benzene rings is 2. The molecule has 8 heteroatoms. The SMILES string of the molecule is CCCCCN(C)Cc1ccc2c(c1)OCCC[C@H]2NC(=O)C[C@@H](NSC1=CC=C(Cl)CC=C1)c1ccccc1.CCl. The minimum Gasteiger partial charge on any atom is -0.493 e. The van der Waals surface area contributed by atoms with Crippen LogP contribution in [-0.2, 0) is 11.3 Å². The number of ether oxygens (including phenoxy) is 1. The van der Waals surface area contributed by atoms with Crippen molar-refractivity contribution in [1.29, 1.82) is 0 Å². The molecule has 2 aromatic rings. The fourth-order valence-corrected chi connectivity index (χ4v) is 5.98. The third kappa shape index (κ3) is 11.5. The van der Waals surface area contributed by atoms with E-state index < -0.39 is 0 Å². The van der Waals surface area contributed by atoms with Gasteiger partial charge >= 0.3 is 0 Å². The summed E-state index contributed by atoms with van der Waals surface area (Å²) >= 11 is 12.3. The first-order chi connectivity index (χ1) is 20.5. The van der Waals surface area contributed by atoms with Gasteiger partial charge < -0.3 is 15.0 Å². The Morgan fingerprint density at radius 3 is 2.74 bits per heavy atom. The number of rotatable bonds is 13. The molecule has 2 aromatic carbocycles. The predicted octanol–water partition coefficient (Wildman–Crippen LogP) is 8.83. The average Bonchev–Trinajstić information content (AvgIpc) is 3.34. The molecule has 0 unspecified atom stereocenters. The molecule has 0 saturated heterocycles. The van der Waals surface area contributed by atoms with Gasteiger partial charge in [-0.3, -0.25) is 9.52 Å². The number of fused-ring (bicyclic) bond motifs is 1. The lowest BCUT2D eigenvalue weighted by molar-refractivity contribution is -0.122. The van der Waals surface area contributed by atoms with Crippen LogP contribution in [-0.4, -0.2) is 37.4 Å². The predicted molar refractivity (Wildman–Crippen MR) is 180 cm³/mol. The molecule has 4 rings (SSSR count). The molecule has 1 amide bonds. The van der Waals surface area contributed by atoms with Crippen LogP contribution in [0.5, 0.6) is 5.75 Å². The number of hydrogen-bond acceptors (Lipinski definition) is 5. The average molecular weight is 631 g/mol. The fraction of sp³-hybridized carbons (Fsp3) is 0.441. The summed E-state index contributed by atoms with van der Waals surface area (Å²) in [7, 11) is 2.18. The molecule has 0 fully saturated rings. The van der Waals surface area contributed by atoms with E-state index in [0.29, 0.717) is 13.0 Å². The summed E-state index contributed by atoms with van der Waals surface area (Å²) in [4.78, 5) is 16.9. The van der Waals surface area contributed by atoms with Gasteiger partial charge in [-0.1, -0.05) is 86.0 Å². The van der Waals surface area contributed by atoms with Gasteiger partial charge in [0, 0.05) is 41.3 Å². The number of amides is 1. The van der Waals surface area contributed by atoms with Crippen molar-refractivity contribution in [1.82, 2.24) is 14.9 Å². The second-order valence-corrected chi connectivity index (χ2v) is 12.0. The lowest BCUT2D eigenvalue weighted by atomic mass is 9.99. The first-order valence-corrected chi connectivity index (χ1v) is 16.8. The summed E-state index contributed by atoms with van der Waals surface area (Å²) in [5.41, 5.74) is 3.39. The smallest absolute Gasteiger partial charge is 0.222 e. The van der Waals surface area contributed by atoms with Gasteiger partial charge in [0.2, 0.25) is 5.91 Å². The van der Waals surface area contributed by atoms with Gasteiger partial charge in [-0.15, -0.1) is 11.6 Å². The van der Waals surface area contributed by atoms with Crippen molar-refractivity contribution in [3.63, 3.8) is 0 Å². The first kappa shape index (κ1) is 34.3. The van der Waals surface area contributed by atoms with E-state index in [2.05, 4.69) is 83.0 Å². The largest absolute Gasteiger partial charge is 0.493 e. The minimum absolute atomic E-state index is 0.0212. The molecule has 0 saturated carbocycles. The Balaban J connectivity index is 0.00000237. The fourth-order valence-electron chi connectivity index (χ4n) is 5.03. The van der Waals surface area contributed by atoms with E-state index in [0.717, 1.165) is 59.2 Å². The summed E-state index contributed by atoms with van der Waals surface area (Å²) in [6, 6.07) is 16.4. The molecular formula is C34H45Cl2N3O2S. The molecular weight excluding hydrogens is 585 g/mol. The molecule has 0 radical (unpaired) electrons. The van der Waals surface area contributed by atoms with Crippen molar-refractivity contribution in [2.75, 3.05) is 26.6 Å². The van der Waals surface area contributed by atoms with Crippen molar-refractivity contribution in [3.8, 4) is 5.75 Å². The zero-order chi connectivity index (χ0) is 30.2. The standard InChI is InChI=1S/C33H42ClN3O2S.CH3Cl/c1-3-4-8-20-37(2)24-25-16-19-29-30(15-10-21-39-32(29)22-25)35-33(38)23-31(26-11-6-5-7-12-26)36-40-28-14-9-13-27(34)17-18-28;1-2/h5-7,9,11-12,14,16-19,22,30-31,36H,3-4,8,10,13,15,20-21,23-24H2,1-2H3,(H,35,38);1H3/t30-,31-;/m1./s1. The normalized spacial score (nSPS) is 17.0. The van der Waals surface area contributed by atoms with Gasteiger partial charge in [-0.25, -0.2) is 0 Å². The Morgan fingerprint density at radius 1 is 1.14 bits per heavy atom. The summed E-state index contributed by atoms with van der Waals surface area (Å²) in [6.45, 7) is 4.89. The zero-order valence-corrected chi connectivity index (χ0v) is 27.4. The Bertz CT molecular complexity index is 1200. The van der Waals surface area contributed by atoms with Crippen molar-refractivity contribution in [2.45, 2.75) is 70.5 Å². The van der Waals surface area contributed by atoms with Gasteiger partial charge in [0.05, 0.1) is 18.7 Å². The van der Waals surface area contributed by atoms with Gasteiger partial charge in [-0.2, -0.15) is 0 Å². The second kappa shape index (κ2) is 19.1. The summed E-state index contributed by atoms with van der Waals surface area (Å²) in [5.74, 6) is 0.919. The van der Waals surface area contributed by atoms with Crippen LogP contribution in [0.2, 0.25) is 0 Å². The molecule has 0 aromatic heterocycles. The van der Waals surface area contributed by atoms with E-state index in [1.807, 2.05) is 30.4 Å². The summed E-state index contributed by atoms with van der Waals surface area (Å²) in [5, 5.41) is 4.14. The van der Waals surface area contributed by atoms with Crippen LogP contribution in [0.1, 0.15) is 80.6 Å². The van der Waals surface area contributed by atoms with Crippen LogP contribution in [0.3, 0.4) is 0 Å². The molecule has 5 nitrogen and oxygen atoms in total. The van der Waals surface area contributed by atoms with Crippen LogP contribution in [0.25, 0.3) is 0 Å². The van der Waals surface area contributed by atoms with Crippen molar-refractivity contribution in [2.24, 2.45) is 0 Å². The summed E-state index contributed by atoms with van der Waals surface area (Å²) < 4.78 is 9.67.